The van der Waals surface area contributed by atoms with E-state index in [-0.39, 0.29) is 35.7 Å². The van der Waals surface area contributed by atoms with Gasteiger partial charge in [0.1, 0.15) is 0 Å². The van der Waals surface area contributed by atoms with E-state index in [1.54, 1.807) is 26.0 Å². The molecule has 3 rings (SSSR count). The Morgan fingerprint density at radius 1 is 1.14 bits per heavy atom. The summed E-state index contributed by atoms with van der Waals surface area (Å²) in [5.41, 5.74) is 2.55. The zero-order valence-electron chi connectivity index (χ0n) is 16.7. The van der Waals surface area contributed by atoms with Crippen LogP contribution in [0, 0.1) is 20.8 Å². The van der Waals surface area contributed by atoms with Crippen LogP contribution in [0.2, 0.25) is 0 Å². The topological polar surface area (TPSA) is 109 Å². The molecule has 0 atom stereocenters. The first-order valence-corrected chi connectivity index (χ1v) is 10.8. The molecule has 1 amide bonds. The average molecular weight is 420 g/mol. The van der Waals surface area contributed by atoms with E-state index in [2.05, 4.69) is 10.3 Å². The number of hydrogen-bond acceptors (Lipinski definition) is 5. The molecule has 0 unspecified atom stereocenters. The fourth-order valence-electron chi connectivity index (χ4n) is 3.32. The van der Waals surface area contributed by atoms with Crippen LogP contribution in [-0.2, 0) is 21.3 Å². The van der Waals surface area contributed by atoms with E-state index >= 15 is 0 Å². The third-order valence-electron chi connectivity index (χ3n) is 4.96. The Balaban J connectivity index is 1.82. The van der Waals surface area contributed by atoms with Crippen molar-refractivity contribution < 1.29 is 17.9 Å². The Morgan fingerprint density at radius 3 is 2.48 bits per heavy atom. The molecule has 0 saturated carbocycles. The van der Waals surface area contributed by atoms with Crippen molar-refractivity contribution in [2.24, 2.45) is 0 Å². The Morgan fingerprint density at radius 2 is 1.83 bits per heavy atom. The lowest BCUT2D eigenvalue weighted by Crippen LogP contribution is -2.41. The number of hydrogen-bond donors (Lipinski definition) is 2. The van der Waals surface area contributed by atoms with Gasteiger partial charge < -0.3 is 15.0 Å². The number of rotatable bonds is 5. The lowest BCUT2D eigenvalue weighted by atomic mass is 10.1. The molecule has 2 N–H and O–H groups in total. The molecule has 1 aliphatic heterocycles. The fraction of sp³-hybridized carbons (Fsp3) is 0.400. The summed E-state index contributed by atoms with van der Waals surface area (Å²) in [5.74, 6) is -0.442. The Hall–Kier alpha value is -2.49. The number of morpholine rings is 1. The van der Waals surface area contributed by atoms with Crippen LogP contribution in [0.25, 0.3) is 0 Å². The number of nitrogens with zero attached hydrogens (tertiary/aromatic N) is 1. The van der Waals surface area contributed by atoms with Crippen LogP contribution in [0.5, 0.6) is 0 Å². The second kappa shape index (κ2) is 8.48. The summed E-state index contributed by atoms with van der Waals surface area (Å²) in [6, 6.07) is 6.42. The summed E-state index contributed by atoms with van der Waals surface area (Å²) in [4.78, 5) is 27.6. The van der Waals surface area contributed by atoms with Crippen LogP contribution in [-0.4, -0.2) is 49.9 Å². The first kappa shape index (κ1) is 21.2. The maximum atomic E-state index is 13.0. The van der Waals surface area contributed by atoms with Crippen LogP contribution < -0.4 is 10.9 Å². The lowest BCUT2D eigenvalue weighted by Gasteiger charge is -2.26. The number of ether oxygens (including phenoxy) is 1. The van der Waals surface area contributed by atoms with Crippen LogP contribution in [0.15, 0.2) is 34.0 Å². The van der Waals surface area contributed by atoms with Crippen LogP contribution in [0.4, 0.5) is 0 Å². The summed E-state index contributed by atoms with van der Waals surface area (Å²) in [7, 11) is -3.72. The molecule has 0 spiro atoms. The summed E-state index contributed by atoms with van der Waals surface area (Å²) >= 11 is 0. The van der Waals surface area contributed by atoms with Gasteiger partial charge in [-0.2, -0.15) is 4.31 Å². The van der Waals surface area contributed by atoms with Crippen LogP contribution >= 0.6 is 0 Å². The minimum Gasteiger partial charge on any atom is -0.379 e. The molecule has 2 heterocycles. The predicted molar refractivity (Wildman–Crippen MR) is 108 cm³/mol. The van der Waals surface area contributed by atoms with E-state index in [1.807, 2.05) is 13.0 Å². The average Bonchev–Trinajstić information content (AvgIpc) is 2.68. The highest BCUT2D eigenvalue weighted by Gasteiger charge is 2.28. The monoisotopic (exact) mass is 419 g/mol. The Labute approximate surface area is 169 Å². The molecular formula is C20H25N3O5S. The number of pyridine rings is 1. The van der Waals surface area contributed by atoms with Gasteiger partial charge in [-0.1, -0.05) is 6.07 Å². The fourth-order valence-corrected chi connectivity index (χ4v) is 4.98. The smallest absolute Gasteiger partial charge is 0.253 e. The van der Waals surface area contributed by atoms with E-state index in [0.717, 1.165) is 11.3 Å². The molecule has 1 aliphatic rings. The number of benzene rings is 1. The van der Waals surface area contributed by atoms with Crippen molar-refractivity contribution >= 4 is 15.9 Å². The minimum atomic E-state index is -3.72. The second-order valence-corrected chi connectivity index (χ2v) is 9.03. The van der Waals surface area contributed by atoms with Gasteiger partial charge in [0, 0.05) is 36.5 Å². The number of amides is 1. The van der Waals surface area contributed by atoms with Crippen molar-refractivity contribution in [3.8, 4) is 0 Å². The van der Waals surface area contributed by atoms with Gasteiger partial charge >= 0.3 is 0 Å². The Bertz CT molecular complexity index is 1090. The van der Waals surface area contributed by atoms with Crippen molar-refractivity contribution in [2.45, 2.75) is 32.2 Å². The van der Waals surface area contributed by atoms with Crippen molar-refractivity contribution in [2.75, 3.05) is 26.3 Å². The molecule has 1 aromatic heterocycles. The first-order chi connectivity index (χ1) is 13.7. The highest BCUT2D eigenvalue weighted by atomic mass is 32.2. The van der Waals surface area contributed by atoms with Gasteiger partial charge in [-0.3, -0.25) is 9.59 Å². The molecule has 0 radical (unpaired) electrons. The van der Waals surface area contributed by atoms with Gasteiger partial charge in [0.25, 0.3) is 11.5 Å². The highest BCUT2D eigenvalue weighted by molar-refractivity contribution is 7.89. The minimum absolute atomic E-state index is 0.0553. The normalized spacial score (nSPS) is 15.3. The summed E-state index contributed by atoms with van der Waals surface area (Å²) in [5, 5.41) is 2.71. The number of carbonyl (C=O) groups is 1. The maximum absolute atomic E-state index is 13.0. The third-order valence-corrected chi connectivity index (χ3v) is 7.00. The predicted octanol–water partition coefficient (Wildman–Crippen LogP) is 1.25. The quantitative estimate of drug-likeness (QED) is 0.758. The highest BCUT2D eigenvalue weighted by Crippen LogP contribution is 2.22. The van der Waals surface area contributed by atoms with Crippen molar-refractivity contribution in [3.05, 3.63) is 62.6 Å². The Kier molecular flexibility index (Phi) is 6.21. The molecule has 0 bridgehead atoms. The molecule has 1 saturated heterocycles. The van der Waals surface area contributed by atoms with E-state index in [0.29, 0.717) is 24.3 Å². The third kappa shape index (κ3) is 4.58. The van der Waals surface area contributed by atoms with E-state index < -0.39 is 15.9 Å². The molecule has 9 heteroatoms. The molecule has 8 nitrogen and oxygen atoms in total. The van der Waals surface area contributed by atoms with Crippen LogP contribution in [0.3, 0.4) is 0 Å². The van der Waals surface area contributed by atoms with Gasteiger partial charge in [0.05, 0.1) is 18.1 Å². The zero-order valence-corrected chi connectivity index (χ0v) is 17.6. The van der Waals surface area contributed by atoms with E-state index in [4.69, 9.17) is 4.74 Å². The molecular weight excluding hydrogens is 394 g/mol. The van der Waals surface area contributed by atoms with Gasteiger partial charge in [0.2, 0.25) is 10.0 Å². The number of aryl methyl sites for hydroxylation is 3. The molecule has 29 heavy (non-hydrogen) atoms. The van der Waals surface area contributed by atoms with Gasteiger partial charge in [-0.15, -0.1) is 0 Å². The van der Waals surface area contributed by atoms with Gasteiger partial charge in [-0.05, 0) is 50.1 Å². The van der Waals surface area contributed by atoms with Crippen LogP contribution in [0.1, 0.15) is 32.7 Å². The van der Waals surface area contributed by atoms with Crippen molar-refractivity contribution in [1.82, 2.24) is 14.6 Å². The standard InChI is InChI=1S/C20H25N3O5S/c1-13-4-5-16(11-18(13)29(26,27)23-6-8-28-9-7-23)19(24)21-12-17-14(2)10-15(3)22-20(17)25/h4-5,10-11H,6-9,12H2,1-3H3,(H,21,24)(H,22,25). The number of aromatic nitrogens is 1. The molecule has 2 aromatic rings. The second-order valence-electron chi connectivity index (χ2n) is 7.12. The molecule has 1 fully saturated rings. The van der Waals surface area contributed by atoms with Gasteiger partial charge in [-0.25, -0.2) is 8.42 Å². The molecule has 0 aliphatic carbocycles. The zero-order chi connectivity index (χ0) is 21.2. The summed E-state index contributed by atoms with van der Waals surface area (Å²) in [6.45, 7) is 6.62. The van der Waals surface area contributed by atoms with Crippen molar-refractivity contribution in [3.63, 3.8) is 0 Å². The van der Waals surface area contributed by atoms with E-state index in [1.165, 1.54) is 10.4 Å². The number of carbonyl (C=O) groups excluding carboxylic acids is 1. The molecule has 1 aromatic carbocycles. The molecule has 156 valence electrons. The number of nitrogens with one attached hydrogen (secondary N) is 2. The van der Waals surface area contributed by atoms with Crippen molar-refractivity contribution in [1.29, 1.82) is 0 Å². The largest absolute Gasteiger partial charge is 0.379 e. The number of H-pyrrole nitrogens is 1. The first-order valence-electron chi connectivity index (χ1n) is 9.36. The summed E-state index contributed by atoms with van der Waals surface area (Å²) in [6.07, 6.45) is 0. The maximum Gasteiger partial charge on any atom is 0.253 e. The SMILES string of the molecule is Cc1cc(C)c(CNC(=O)c2ccc(C)c(S(=O)(=O)N3CCOCC3)c2)c(=O)[nH]1. The van der Waals surface area contributed by atoms with E-state index in [9.17, 15) is 18.0 Å². The number of aromatic amines is 1. The summed E-state index contributed by atoms with van der Waals surface area (Å²) < 4.78 is 32.5. The number of sulfonamides is 1. The lowest BCUT2D eigenvalue weighted by molar-refractivity contribution is 0.0730. The van der Waals surface area contributed by atoms with Gasteiger partial charge in [0.15, 0.2) is 0 Å².